The minimum Gasteiger partial charge on any atom is -0.497 e. The lowest BCUT2D eigenvalue weighted by molar-refractivity contribution is -0.138. The van der Waals surface area contributed by atoms with Gasteiger partial charge in [-0.1, -0.05) is 35.9 Å². The first-order valence-electron chi connectivity index (χ1n) is 13.0. The van der Waals surface area contributed by atoms with Crippen LogP contribution in [0.2, 0.25) is 5.02 Å². The van der Waals surface area contributed by atoms with Crippen molar-refractivity contribution in [2.24, 2.45) is 0 Å². The summed E-state index contributed by atoms with van der Waals surface area (Å²) in [4.78, 5) is 48.8. The molecule has 0 aliphatic rings. The van der Waals surface area contributed by atoms with Crippen molar-refractivity contribution in [3.63, 3.8) is 0 Å². The topological polar surface area (TPSA) is 127 Å². The number of fused-ring (bicyclic) bond motifs is 1. The van der Waals surface area contributed by atoms with Gasteiger partial charge in [0.15, 0.2) is 0 Å². The maximum atomic E-state index is 13.5. The van der Waals surface area contributed by atoms with Crippen molar-refractivity contribution in [3.8, 4) is 5.75 Å². The minimum atomic E-state index is -1.02. The standard InChI is InChI=1S/C31H30ClN3O6/c1-19-25(16-29(37)34-18-21-5-3-20(4-6-21)17-33-28(36)13-14-30(38)39)26-15-24(41-2)11-12-27(26)35(19)31(40)22-7-9-23(32)10-8-22/h3-12,15H,13-14,16-18H2,1-2H3,(H,33,36)(H,34,37)(H,38,39). The Bertz CT molecular complexity index is 1590. The van der Waals surface area contributed by atoms with Gasteiger partial charge in [-0.05, 0) is 66.1 Å². The lowest BCUT2D eigenvalue weighted by Gasteiger charge is -2.09. The van der Waals surface area contributed by atoms with Gasteiger partial charge in [0.1, 0.15) is 5.75 Å². The van der Waals surface area contributed by atoms with Crippen molar-refractivity contribution in [3.05, 3.63) is 99.7 Å². The van der Waals surface area contributed by atoms with Crippen LogP contribution in [0.3, 0.4) is 0 Å². The predicted molar refractivity (Wildman–Crippen MR) is 155 cm³/mol. The molecule has 1 aromatic heterocycles. The number of halogens is 1. The number of carboxylic acids is 1. The molecule has 0 unspecified atom stereocenters. The molecular weight excluding hydrogens is 546 g/mol. The summed E-state index contributed by atoms with van der Waals surface area (Å²) >= 11 is 6.00. The van der Waals surface area contributed by atoms with E-state index in [9.17, 15) is 19.2 Å². The quantitative estimate of drug-likeness (QED) is 0.239. The van der Waals surface area contributed by atoms with Crippen LogP contribution >= 0.6 is 11.6 Å². The lowest BCUT2D eigenvalue weighted by Crippen LogP contribution is -2.25. The molecule has 4 aromatic rings. The van der Waals surface area contributed by atoms with Gasteiger partial charge in [-0.25, -0.2) is 0 Å². The Morgan fingerprint density at radius 3 is 2.05 bits per heavy atom. The van der Waals surface area contributed by atoms with Crippen molar-refractivity contribution in [2.45, 2.75) is 39.3 Å². The third kappa shape index (κ3) is 7.32. The van der Waals surface area contributed by atoms with Crippen LogP contribution in [0.1, 0.15) is 45.6 Å². The average Bonchev–Trinajstić information content (AvgIpc) is 3.24. The molecule has 212 valence electrons. The fourth-order valence-electron chi connectivity index (χ4n) is 4.50. The number of methoxy groups -OCH3 is 1. The summed E-state index contributed by atoms with van der Waals surface area (Å²) < 4.78 is 7.01. The smallest absolute Gasteiger partial charge is 0.303 e. The van der Waals surface area contributed by atoms with Crippen molar-refractivity contribution in [2.75, 3.05) is 7.11 Å². The molecular formula is C31H30ClN3O6. The van der Waals surface area contributed by atoms with Crippen molar-refractivity contribution >= 4 is 46.2 Å². The van der Waals surface area contributed by atoms with Gasteiger partial charge >= 0.3 is 5.97 Å². The van der Waals surface area contributed by atoms with Gasteiger partial charge in [0.05, 0.1) is 25.5 Å². The number of aromatic nitrogens is 1. The number of carbonyl (C=O) groups is 4. The molecule has 0 bridgehead atoms. The van der Waals surface area contributed by atoms with Gasteiger partial charge in [0.25, 0.3) is 5.91 Å². The molecule has 0 saturated carbocycles. The van der Waals surface area contributed by atoms with Crippen LogP contribution in [0.25, 0.3) is 10.9 Å². The fourth-order valence-corrected chi connectivity index (χ4v) is 4.63. The predicted octanol–water partition coefficient (Wildman–Crippen LogP) is 4.64. The molecule has 0 fully saturated rings. The highest BCUT2D eigenvalue weighted by atomic mass is 35.5. The molecule has 0 aliphatic carbocycles. The molecule has 0 aliphatic heterocycles. The zero-order valence-corrected chi connectivity index (χ0v) is 23.5. The Balaban J connectivity index is 1.45. The zero-order valence-electron chi connectivity index (χ0n) is 22.7. The van der Waals surface area contributed by atoms with Crippen LogP contribution < -0.4 is 15.4 Å². The molecule has 4 rings (SSSR count). The molecule has 9 nitrogen and oxygen atoms in total. The normalized spacial score (nSPS) is 10.8. The van der Waals surface area contributed by atoms with E-state index < -0.39 is 5.97 Å². The first-order chi connectivity index (χ1) is 19.7. The van der Waals surface area contributed by atoms with E-state index in [0.29, 0.717) is 34.1 Å². The second-order valence-electron chi connectivity index (χ2n) is 9.53. The Labute approximate surface area is 242 Å². The highest BCUT2D eigenvalue weighted by molar-refractivity contribution is 6.30. The summed E-state index contributed by atoms with van der Waals surface area (Å²) in [5, 5.41) is 15.6. The molecule has 2 amide bonds. The number of carboxylic acid groups (broad SMARTS) is 1. The number of benzene rings is 3. The van der Waals surface area contributed by atoms with Crippen molar-refractivity contribution in [1.29, 1.82) is 0 Å². The Morgan fingerprint density at radius 2 is 1.46 bits per heavy atom. The summed E-state index contributed by atoms with van der Waals surface area (Å²) in [5.74, 6) is -1.15. The highest BCUT2D eigenvalue weighted by Crippen LogP contribution is 2.31. The van der Waals surface area contributed by atoms with Crippen LogP contribution in [0.5, 0.6) is 5.75 Å². The molecule has 10 heteroatoms. The number of ether oxygens (including phenoxy) is 1. The second-order valence-corrected chi connectivity index (χ2v) is 9.97. The number of carbonyl (C=O) groups excluding carboxylic acids is 3. The minimum absolute atomic E-state index is 0.0663. The number of hydrogen-bond acceptors (Lipinski definition) is 5. The lowest BCUT2D eigenvalue weighted by atomic mass is 10.1. The number of aliphatic carboxylic acids is 1. The SMILES string of the molecule is COc1ccc2c(c1)c(CC(=O)NCc1ccc(CNC(=O)CCC(=O)O)cc1)c(C)n2C(=O)c1ccc(Cl)cc1. The van der Waals surface area contributed by atoms with E-state index in [2.05, 4.69) is 10.6 Å². The van der Waals surface area contributed by atoms with E-state index in [4.69, 9.17) is 21.4 Å². The van der Waals surface area contributed by atoms with E-state index in [0.717, 1.165) is 22.1 Å². The van der Waals surface area contributed by atoms with Crippen LogP contribution in [0, 0.1) is 6.92 Å². The van der Waals surface area contributed by atoms with Gasteiger partial charge in [-0.15, -0.1) is 0 Å². The fraction of sp³-hybridized carbons (Fsp3) is 0.226. The summed E-state index contributed by atoms with van der Waals surface area (Å²) in [6.45, 7) is 2.41. The zero-order chi connectivity index (χ0) is 29.5. The van der Waals surface area contributed by atoms with Gasteiger partial charge < -0.3 is 20.5 Å². The van der Waals surface area contributed by atoms with Gasteiger partial charge in [-0.3, -0.25) is 23.7 Å². The highest BCUT2D eigenvalue weighted by Gasteiger charge is 2.22. The van der Waals surface area contributed by atoms with Crippen molar-refractivity contribution in [1.82, 2.24) is 15.2 Å². The Hall–Kier alpha value is -4.63. The molecule has 3 N–H and O–H groups in total. The summed E-state index contributed by atoms with van der Waals surface area (Å²) in [6.07, 6.45) is -0.215. The largest absolute Gasteiger partial charge is 0.497 e. The van der Waals surface area contributed by atoms with Crippen molar-refractivity contribution < 1.29 is 29.0 Å². The van der Waals surface area contributed by atoms with Crippen LogP contribution in [-0.4, -0.2) is 40.5 Å². The van der Waals surface area contributed by atoms with E-state index in [1.54, 1.807) is 42.0 Å². The number of nitrogens with one attached hydrogen (secondary N) is 2. The Kier molecular flexibility index (Phi) is 9.41. The molecule has 41 heavy (non-hydrogen) atoms. The van der Waals surface area contributed by atoms with Gasteiger partial charge in [0, 0.05) is 41.2 Å². The number of hydrogen-bond donors (Lipinski definition) is 3. The number of rotatable bonds is 11. The van der Waals surface area contributed by atoms with Crippen LogP contribution in [-0.2, 0) is 33.9 Å². The van der Waals surface area contributed by atoms with E-state index in [1.165, 1.54) is 0 Å². The first-order valence-corrected chi connectivity index (χ1v) is 13.3. The van der Waals surface area contributed by atoms with E-state index in [-0.39, 0.29) is 43.5 Å². The number of nitrogens with zero attached hydrogens (tertiary/aromatic N) is 1. The maximum Gasteiger partial charge on any atom is 0.303 e. The maximum absolute atomic E-state index is 13.5. The Morgan fingerprint density at radius 1 is 0.854 bits per heavy atom. The molecule has 3 aromatic carbocycles. The van der Waals surface area contributed by atoms with Crippen LogP contribution in [0.15, 0.2) is 66.7 Å². The van der Waals surface area contributed by atoms with E-state index >= 15 is 0 Å². The van der Waals surface area contributed by atoms with Gasteiger partial charge in [0.2, 0.25) is 11.8 Å². The first kappa shape index (κ1) is 29.4. The second kappa shape index (κ2) is 13.1. The third-order valence-corrected chi connectivity index (χ3v) is 6.99. The summed E-state index contributed by atoms with van der Waals surface area (Å²) in [6, 6.07) is 19.5. The summed E-state index contributed by atoms with van der Waals surface area (Å²) in [7, 11) is 1.56. The molecule has 0 saturated heterocycles. The van der Waals surface area contributed by atoms with E-state index in [1.807, 2.05) is 43.3 Å². The average molecular weight is 576 g/mol. The number of amides is 2. The monoisotopic (exact) mass is 575 g/mol. The molecule has 0 radical (unpaired) electrons. The van der Waals surface area contributed by atoms with Crippen LogP contribution in [0.4, 0.5) is 0 Å². The molecule has 0 spiro atoms. The molecule has 1 heterocycles. The van der Waals surface area contributed by atoms with Gasteiger partial charge in [-0.2, -0.15) is 0 Å². The third-order valence-electron chi connectivity index (χ3n) is 6.74. The summed E-state index contributed by atoms with van der Waals surface area (Å²) in [5.41, 5.74) is 4.27. The molecule has 0 atom stereocenters.